The zero-order valence-corrected chi connectivity index (χ0v) is 11.2. The number of pyridine rings is 2. The van der Waals surface area contributed by atoms with Crippen molar-refractivity contribution in [3.63, 3.8) is 0 Å². The van der Waals surface area contributed by atoms with E-state index in [0.29, 0.717) is 11.4 Å². The summed E-state index contributed by atoms with van der Waals surface area (Å²) in [5, 5.41) is 8.63. The van der Waals surface area contributed by atoms with Crippen molar-refractivity contribution in [2.75, 3.05) is 0 Å². The second-order valence-corrected chi connectivity index (χ2v) is 3.53. The van der Waals surface area contributed by atoms with Gasteiger partial charge in [-0.25, -0.2) is 4.98 Å². The number of nitriles is 1. The highest BCUT2D eigenvalue weighted by Gasteiger charge is 2.03. The maximum atomic E-state index is 11.1. The van der Waals surface area contributed by atoms with Crippen LogP contribution in [0.2, 0.25) is 0 Å². The number of ketones is 1. The van der Waals surface area contributed by atoms with Crippen molar-refractivity contribution < 1.29 is 4.79 Å². The Kier molecular flexibility index (Phi) is 5.36. The van der Waals surface area contributed by atoms with Crippen LogP contribution in [-0.4, -0.2) is 15.8 Å². The van der Waals surface area contributed by atoms with Crippen molar-refractivity contribution in [1.29, 1.82) is 5.26 Å². The number of aromatic nitrogens is 2. The molecule has 4 nitrogen and oxygen atoms in total. The molecule has 0 saturated carbocycles. The number of hydrogen-bond donors (Lipinski definition) is 0. The second kappa shape index (κ2) is 7.02. The number of carbonyl (C=O) groups excluding carboxylic acids is 1. The monoisotopic (exact) mass is 253 g/mol. The van der Waals surface area contributed by atoms with Crippen molar-refractivity contribution in [3.05, 3.63) is 48.0 Å². The van der Waals surface area contributed by atoms with Gasteiger partial charge in [-0.1, -0.05) is 19.9 Å². The van der Waals surface area contributed by atoms with Crippen LogP contribution >= 0.6 is 0 Å². The molecular weight excluding hydrogens is 238 g/mol. The van der Waals surface area contributed by atoms with Crippen molar-refractivity contribution in [1.82, 2.24) is 9.97 Å². The van der Waals surface area contributed by atoms with E-state index in [1.54, 1.807) is 30.6 Å². The second-order valence-electron chi connectivity index (χ2n) is 3.53. The minimum absolute atomic E-state index is 0.0606. The highest BCUT2D eigenvalue weighted by molar-refractivity contribution is 5.92. The molecule has 0 fully saturated rings. The summed E-state index contributed by atoms with van der Waals surface area (Å²) in [5.74, 6) is -0.0606. The van der Waals surface area contributed by atoms with E-state index in [9.17, 15) is 4.79 Å². The molecule has 4 heteroatoms. The van der Waals surface area contributed by atoms with Crippen molar-refractivity contribution in [2.24, 2.45) is 0 Å². The fraction of sp³-hybridized carbons (Fsp3) is 0.200. The fourth-order valence-corrected chi connectivity index (χ4v) is 1.40. The lowest BCUT2D eigenvalue weighted by Crippen LogP contribution is -1.95. The molecule has 0 bridgehead atoms. The summed E-state index contributed by atoms with van der Waals surface area (Å²) in [6, 6.07) is 8.90. The van der Waals surface area contributed by atoms with Crippen LogP contribution in [0, 0.1) is 11.3 Å². The van der Waals surface area contributed by atoms with Crippen LogP contribution in [0.15, 0.2) is 36.7 Å². The first-order valence-electron chi connectivity index (χ1n) is 6.04. The quantitative estimate of drug-likeness (QED) is 0.770. The Bertz CT molecular complexity index is 580. The fourth-order valence-electron chi connectivity index (χ4n) is 1.40. The molecule has 0 spiro atoms. The van der Waals surface area contributed by atoms with Crippen molar-refractivity contribution in [2.45, 2.75) is 20.8 Å². The zero-order chi connectivity index (χ0) is 14.3. The van der Waals surface area contributed by atoms with Gasteiger partial charge in [0.1, 0.15) is 17.5 Å². The Balaban J connectivity index is 0.000000861. The van der Waals surface area contributed by atoms with Crippen LogP contribution in [0.3, 0.4) is 0 Å². The lowest BCUT2D eigenvalue weighted by atomic mass is 10.1. The summed E-state index contributed by atoms with van der Waals surface area (Å²) >= 11 is 0. The molecule has 0 unspecified atom stereocenters. The lowest BCUT2D eigenvalue weighted by Gasteiger charge is -2.01. The average Bonchev–Trinajstić information content (AvgIpc) is 2.49. The predicted molar refractivity (Wildman–Crippen MR) is 73.5 cm³/mol. The molecule has 0 N–H and O–H groups in total. The molecule has 96 valence electrons. The number of hydrogen-bond acceptors (Lipinski definition) is 4. The topological polar surface area (TPSA) is 66.6 Å². The molecule has 0 aromatic carbocycles. The summed E-state index contributed by atoms with van der Waals surface area (Å²) in [6.07, 6.45) is 3.24. The van der Waals surface area contributed by atoms with Crippen LogP contribution < -0.4 is 0 Å². The molecule has 19 heavy (non-hydrogen) atoms. The van der Waals surface area contributed by atoms with Gasteiger partial charge in [0.15, 0.2) is 5.78 Å². The first kappa shape index (κ1) is 14.5. The minimum atomic E-state index is -0.0606. The van der Waals surface area contributed by atoms with Gasteiger partial charge in [0.25, 0.3) is 0 Å². The van der Waals surface area contributed by atoms with E-state index >= 15 is 0 Å². The van der Waals surface area contributed by atoms with Gasteiger partial charge >= 0.3 is 0 Å². The first-order chi connectivity index (χ1) is 9.20. The van der Waals surface area contributed by atoms with Crippen molar-refractivity contribution >= 4 is 5.78 Å². The Morgan fingerprint density at radius 3 is 2.00 bits per heavy atom. The van der Waals surface area contributed by atoms with Gasteiger partial charge in [-0.2, -0.15) is 5.26 Å². The van der Waals surface area contributed by atoms with Crippen LogP contribution in [-0.2, 0) is 0 Å². The number of rotatable bonds is 2. The third-order valence-electron chi connectivity index (χ3n) is 2.34. The van der Waals surface area contributed by atoms with E-state index in [2.05, 4.69) is 9.97 Å². The molecular formula is C15H15N3O. The molecule has 2 heterocycles. The van der Waals surface area contributed by atoms with E-state index in [0.717, 1.165) is 11.1 Å². The van der Waals surface area contributed by atoms with E-state index in [1.165, 1.54) is 6.92 Å². The summed E-state index contributed by atoms with van der Waals surface area (Å²) in [6.45, 7) is 5.48. The van der Waals surface area contributed by atoms with Gasteiger partial charge in [0.2, 0.25) is 0 Å². The summed E-state index contributed by atoms with van der Waals surface area (Å²) < 4.78 is 0. The van der Waals surface area contributed by atoms with Crippen molar-refractivity contribution in [3.8, 4) is 17.2 Å². The van der Waals surface area contributed by atoms with E-state index in [4.69, 9.17) is 5.26 Å². The number of carbonyl (C=O) groups is 1. The smallest absolute Gasteiger partial charge is 0.178 e. The Hall–Kier alpha value is -2.54. The molecule has 0 aliphatic rings. The molecule has 2 aromatic rings. The summed E-state index contributed by atoms with van der Waals surface area (Å²) in [5.41, 5.74) is 2.55. The molecule has 0 saturated heterocycles. The maximum Gasteiger partial charge on any atom is 0.178 e. The van der Waals surface area contributed by atoms with Gasteiger partial charge in [-0.15, -0.1) is 0 Å². The SMILES string of the molecule is CC.CC(=O)c1ccc(-c2ccc(C#N)nc2)cn1. The maximum absolute atomic E-state index is 11.1. The largest absolute Gasteiger partial charge is 0.293 e. The van der Waals surface area contributed by atoms with Gasteiger partial charge in [0, 0.05) is 30.4 Å². The van der Waals surface area contributed by atoms with E-state index in [1.807, 2.05) is 26.0 Å². The molecule has 2 aromatic heterocycles. The molecule has 0 radical (unpaired) electrons. The number of Topliss-reactive ketones (excluding diaryl/α,β-unsaturated/α-hetero) is 1. The van der Waals surface area contributed by atoms with Gasteiger partial charge in [-0.3, -0.25) is 9.78 Å². The summed E-state index contributed by atoms with van der Waals surface area (Å²) in [4.78, 5) is 19.1. The van der Waals surface area contributed by atoms with Gasteiger partial charge < -0.3 is 0 Å². The normalized spacial score (nSPS) is 8.95. The zero-order valence-electron chi connectivity index (χ0n) is 11.2. The minimum Gasteiger partial charge on any atom is -0.293 e. The average molecular weight is 253 g/mol. The standard InChI is InChI=1S/C13H9N3O.C2H6/c1-9(17)13-5-3-11(8-16-13)10-2-4-12(6-14)15-7-10;1-2/h2-5,7-8H,1H3;1-2H3. The molecule has 2 rings (SSSR count). The van der Waals surface area contributed by atoms with Gasteiger partial charge in [-0.05, 0) is 18.2 Å². The van der Waals surface area contributed by atoms with Crippen LogP contribution in [0.4, 0.5) is 0 Å². The van der Waals surface area contributed by atoms with E-state index < -0.39 is 0 Å². The van der Waals surface area contributed by atoms with Crippen LogP contribution in [0.1, 0.15) is 37.0 Å². The molecule has 0 atom stereocenters. The third-order valence-corrected chi connectivity index (χ3v) is 2.34. The molecule has 0 aliphatic heterocycles. The van der Waals surface area contributed by atoms with Gasteiger partial charge in [0.05, 0.1) is 0 Å². The Labute approximate surface area is 112 Å². The highest BCUT2D eigenvalue weighted by atomic mass is 16.1. The Morgan fingerprint density at radius 2 is 1.63 bits per heavy atom. The predicted octanol–water partition coefficient (Wildman–Crippen LogP) is 3.24. The van der Waals surface area contributed by atoms with E-state index in [-0.39, 0.29) is 5.78 Å². The summed E-state index contributed by atoms with van der Waals surface area (Å²) in [7, 11) is 0. The molecule has 0 amide bonds. The lowest BCUT2D eigenvalue weighted by molar-refractivity contribution is 0.101. The number of nitrogens with zero attached hydrogens (tertiary/aromatic N) is 3. The highest BCUT2D eigenvalue weighted by Crippen LogP contribution is 2.17. The molecule has 0 aliphatic carbocycles. The Morgan fingerprint density at radius 1 is 1.05 bits per heavy atom. The first-order valence-corrected chi connectivity index (χ1v) is 6.04. The third kappa shape index (κ3) is 3.71. The van der Waals surface area contributed by atoms with Crippen LogP contribution in [0.5, 0.6) is 0 Å². The van der Waals surface area contributed by atoms with Crippen LogP contribution in [0.25, 0.3) is 11.1 Å².